The van der Waals surface area contributed by atoms with Crippen LogP contribution >= 0.6 is 0 Å². The first-order valence-electron chi connectivity index (χ1n) is 6.31. The highest BCUT2D eigenvalue weighted by Crippen LogP contribution is 2.10. The maximum absolute atomic E-state index is 12.1. The standard InChI is InChI=1S/C16H18OS/c1-2-14-8-10-15(11-9-14)12-13-18(17)16-6-4-3-5-7-16/h3-11H,2,12-13H2,1H3. The molecule has 2 heteroatoms. The molecular formula is C16H18OS. The monoisotopic (exact) mass is 258 g/mol. The molecular weight excluding hydrogens is 240 g/mol. The molecule has 1 nitrogen and oxygen atoms in total. The van der Waals surface area contributed by atoms with Crippen molar-refractivity contribution in [3.05, 3.63) is 65.7 Å². The van der Waals surface area contributed by atoms with Crippen LogP contribution in [-0.4, -0.2) is 9.96 Å². The molecule has 0 fully saturated rings. The summed E-state index contributed by atoms with van der Waals surface area (Å²) in [7, 11) is -0.891. The van der Waals surface area contributed by atoms with E-state index in [4.69, 9.17) is 0 Å². The van der Waals surface area contributed by atoms with E-state index >= 15 is 0 Å². The zero-order valence-electron chi connectivity index (χ0n) is 10.6. The fourth-order valence-corrected chi connectivity index (χ4v) is 2.96. The zero-order valence-corrected chi connectivity index (χ0v) is 11.5. The van der Waals surface area contributed by atoms with Gasteiger partial charge in [0.1, 0.15) is 0 Å². The number of rotatable bonds is 5. The summed E-state index contributed by atoms with van der Waals surface area (Å²) in [5.41, 5.74) is 2.61. The van der Waals surface area contributed by atoms with Gasteiger partial charge in [0, 0.05) is 10.6 Å². The first kappa shape index (κ1) is 13.0. The second-order valence-electron chi connectivity index (χ2n) is 4.28. The summed E-state index contributed by atoms with van der Waals surface area (Å²) in [6, 6.07) is 18.3. The van der Waals surface area contributed by atoms with E-state index < -0.39 is 10.8 Å². The van der Waals surface area contributed by atoms with Crippen LogP contribution in [0, 0.1) is 0 Å². The van der Waals surface area contributed by atoms with Gasteiger partial charge in [-0.3, -0.25) is 4.21 Å². The molecule has 1 atom stereocenters. The molecule has 2 rings (SSSR count). The Hall–Kier alpha value is -1.41. The Labute approximate surface area is 111 Å². The Balaban J connectivity index is 1.93. The van der Waals surface area contributed by atoms with Gasteiger partial charge in [-0.25, -0.2) is 0 Å². The summed E-state index contributed by atoms with van der Waals surface area (Å²) < 4.78 is 12.1. The molecule has 18 heavy (non-hydrogen) atoms. The highest BCUT2D eigenvalue weighted by Gasteiger charge is 2.03. The highest BCUT2D eigenvalue weighted by atomic mass is 32.2. The number of hydrogen-bond donors (Lipinski definition) is 0. The largest absolute Gasteiger partial charge is 0.254 e. The van der Waals surface area contributed by atoms with Gasteiger partial charge in [0.05, 0.1) is 10.8 Å². The number of hydrogen-bond acceptors (Lipinski definition) is 1. The van der Waals surface area contributed by atoms with E-state index in [-0.39, 0.29) is 0 Å². The van der Waals surface area contributed by atoms with E-state index in [1.54, 1.807) is 0 Å². The predicted octanol–water partition coefficient (Wildman–Crippen LogP) is 3.60. The molecule has 0 saturated heterocycles. The van der Waals surface area contributed by atoms with Gasteiger partial charge < -0.3 is 0 Å². The molecule has 0 radical (unpaired) electrons. The fourth-order valence-electron chi connectivity index (χ4n) is 1.84. The Morgan fingerprint density at radius 3 is 2.11 bits per heavy atom. The fraction of sp³-hybridized carbons (Fsp3) is 0.250. The van der Waals surface area contributed by atoms with Crippen LogP contribution in [0.2, 0.25) is 0 Å². The lowest BCUT2D eigenvalue weighted by Crippen LogP contribution is -2.01. The highest BCUT2D eigenvalue weighted by molar-refractivity contribution is 7.85. The van der Waals surface area contributed by atoms with Crippen molar-refractivity contribution >= 4 is 10.8 Å². The Morgan fingerprint density at radius 1 is 0.889 bits per heavy atom. The summed E-state index contributed by atoms with van der Waals surface area (Å²) in [5, 5.41) is 0. The van der Waals surface area contributed by atoms with Crippen LogP contribution in [0.1, 0.15) is 18.1 Å². The Bertz CT molecular complexity index is 502. The van der Waals surface area contributed by atoms with Gasteiger partial charge in [-0.05, 0) is 36.1 Å². The van der Waals surface area contributed by atoms with Crippen LogP contribution in [0.5, 0.6) is 0 Å². The molecule has 0 aromatic heterocycles. The molecule has 2 aromatic rings. The smallest absolute Gasteiger partial charge is 0.0532 e. The van der Waals surface area contributed by atoms with Crippen molar-refractivity contribution in [3.8, 4) is 0 Å². The summed E-state index contributed by atoms with van der Waals surface area (Å²) in [6.45, 7) is 2.15. The topological polar surface area (TPSA) is 17.1 Å². The van der Waals surface area contributed by atoms with Crippen molar-refractivity contribution in [2.45, 2.75) is 24.7 Å². The van der Waals surface area contributed by atoms with Crippen molar-refractivity contribution in [1.29, 1.82) is 0 Å². The van der Waals surface area contributed by atoms with Crippen LogP contribution in [0.25, 0.3) is 0 Å². The second-order valence-corrected chi connectivity index (χ2v) is 5.85. The van der Waals surface area contributed by atoms with Gasteiger partial charge in [-0.2, -0.15) is 0 Å². The Kier molecular flexibility index (Phi) is 4.71. The average molecular weight is 258 g/mol. The molecule has 0 aliphatic heterocycles. The third-order valence-corrected chi connectivity index (χ3v) is 4.39. The summed E-state index contributed by atoms with van der Waals surface area (Å²) >= 11 is 0. The Morgan fingerprint density at radius 2 is 1.50 bits per heavy atom. The van der Waals surface area contributed by atoms with Crippen LogP contribution in [0.3, 0.4) is 0 Å². The maximum Gasteiger partial charge on any atom is 0.0532 e. The van der Waals surface area contributed by atoms with Crippen molar-refractivity contribution in [1.82, 2.24) is 0 Å². The summed E-state index contributed by atoms with van der Waals surface area (Å²) in [5.74, 6) is 0.690. The summed E-state index contributed by atoms with van der Waals surface area (Å²) in [4.78, 5) is 0.919. The van der Waals surface area contributed by atoms with E-state index in [9.17, 15) is 4.21 Å². The van der Waals surface area contributed by atoms with Crippen LogP contribution < -0.4 is 0 Å². The van der Waals surface area contributed by atoms with Crippen molar-refractivity contribution in [3.63, 3.8) is 0 Å². The lowest BCUT2D eigenvalue weighted by molar-refractivity contribution is 0.682. The van der Waals surface area contributed by atoms with Crippen molar-refractivity contribution in [2.24, 2.45) is 0 Å². The van der Waals surface area contributed by atoms with E-state index in [0.717, 1.165) is 17.7 Å². The van der Waals surface area contributed by atoms with E-state index in [2.05, 4.69) is 31.2 Å². The molecule has 94 valence electrons. The normalized spacial score (nSPS) is 12.3. The molecule has 0 spiro atoms. The minimum absolute atomic E-state index is 0.690. The van der Waals surface area contributed by atoms with E-state index in [1.807, 2.05) is 30.3 Å². The van der Waals surface area contributed by atoms with Gasteiger partial charge in [0.15, 0.2) is 0 Å². The molecule has 0 aliphatic carbocycles. The molecule has 0 N–H and O–H groups in total. The summed E-state index contributed by atoms with van der Waals surface area (Å²) in [6.07, 6.45) is 1.93. The molecule has 0 aliphatic rings. The lowest BCUT2D eigenvalue weighted by Gasteiger charge is -2.04. The van der Waals surface area contributed by atoms with Crippen LogP contribution in [0.15, 0.2) is 59.5 Å². The van der Waals surface area contributed by atoms with Crippen LogP contribution in [-0.2, 0) is 23.6 Å². The zero-order chi connectivity index (χ0) is 12.8. The van der Waals surface area contributed by atoms with Gasteiger partial charge in [-0.15, -0.1) is 0 Å². The van der Waals surface area contributed by atoms with Crippen molar-refractivity contribution < 1.29 is 4.21 Å². The molecule has 0 heterocycles. The van der Waals surface area contributed by atoms with Gasteiger partial charge in [-0.1, -0.05) is 49.4 Å². The van der Waals surface area contributed by atoms with Gasteiger partial charge in [0.25, 0.3) is 0 Å². The SMILES string of the molecule is CCc1ccc(CCS(=O)c2ccccc2)cc1. The van der Waals surface area contributed by atoms with Gasteiger partial charge in [0.2, 0.25) is 0 Å². The van der Waals surface area contributed by atoms with Crippen molar-refractivity contribution in [2.75, 3.05) is 5.75 Å². The molecule has 0 saturated carbocycles. The number of benzene rings is 2. The average Bonchev–Trinajstić information content (AvgIpc) is 2.46. The maximum atomic E-state index is 12.1. The predicted molar refractivity (Wildman–Crippen MR) is 77.2 cm³/mol. The third-order valence-electron chi connectivity index (χ3n) is 3.01. The minimum atomic E-state index is -0.891. The molecule has 0 bridgehead atoms. The second kappa shape index (κ2) is 6.50. The van der Waals surface area contributed by atoms with E-state index in [1.165, 1.54) is 11.1 Å². The van der Waals surface area contributed by atoms with Gasteiger partial charge >= 0.3 is 0 Å². The molecule has 0 amide bonds. The first-order valence-corrected chi connectivity index (χ1v) is 7.62. The first-order chi connectivity index (χ1) is 8.79. The molecule has 2 aromatic carbocycles. The number of aryl methyl sites for hydroxylation is 2. The minimum Gasteiger partial charge on any atom is -0.254 e. The van der Waals surface area contributed by atoms with E-state index in [0.29, 0.717) is 5.75 Å². The molecule has 1 unspecified atom stereocenters. The third kappa shape index (κ3) is 3.54. The van der Waals surface area contributed by atoms with Crippen LogP contribution in [0.4, 0.5) is 0 Å². The lowest BCUT2D eigenvalue weighted by atomic mass is 10.1. The quantitative estimate of drug-likeness (QED) is 0.801.